The van der Waals surface area contributed by atoms with Crippen molar-refractivity contribution in [2.75, 3.05) is 13.3 Å². The van der Waals surface area contributed by atoms with E-state index in [4.69, 9.17) is 0 Å². The molecule has 0 saturated carbocycles. The van der Waals surface area contributed by atoms with Gasteiger partial charge < -0.3 is 4.52 Å². The number of hydrogen-bond acceptors (Lipinski definition) is 6. The Kier molecular flexibility index (Phi) is 4.08. The van der Waals surface area contributed by atoms with Crippen molar-refractivity contribution >= 4 is 21.4 Å². The van der Waals surface area contributed by atoms with Crippen molar-refractivity contribution in [2.45, 2.75) is 12.7 Å². The normalized spacial score (nSPS) is 13.0. The summed E-state index contributed by atoms with van der Waals surface area (Å²) in [5.41, 5.74) is 0. The van der Waals surface area contributed by atoms with Crippen LogP contribution in [-0.2, 0) is 22.7 Å². The molecule has 0 aliphatic carbocycles. The van der Waals surface area contributed by atoms with Crippen molar-refractivity contribution in [3.63, 3.8) is 0 Å². The second-order valence-corrected chi connectivity index (χ2v) is 7.46. The van der Waals surface area contributed by atoms with Crippen LogP contribution in [0.2, 0.25) is 0 Å². The molecule has 0 spiro atoms. The van der Waals surface area contributed by atoms with E-state index in [9.17, 15) is 21.6 Å². The molecule has 0 aliphatic rings. The monoisotopic (exact) mass is 341 g/mol. The molecule has 2 rings (SSSR count). The highest BCUT2D eigenvalue weighted by Gasteiger charge is 2.38. The topological polar surface area (TPSA) is 76.3 Å². The Bertz CT molecular complexity index is 736. The number of alkyl halides is 3. The summed E-state index contributed by atoms with van der Waals surface area (Å²) in [5.74, 6) is -1.60. The van der Waals surface area contributed by atoms with Crippen LogP contribution in [0.3, 0.4) is 0 Å². The second kappa shape index (κ2) is 5.39. The summed E-state index contributed by atoms with van der Waals surface area (Å²) in [4.78, 5) is 4.28. The van der Waals surface area contributed by atoms with E-state index in [1.165, 1.54) is 13.1 Å². The fourth-order valence-electron chi connectivity index (χ4n) is 1.36. The van der Waals surface area contributed by atoms with E-state index in [-0.39, 0.29) is 12.4 Å². The molecule has 0 N–H and O–H groups in total. The molecule has 0 atom stereocenters. The van der Waals surface area contributed by atoms with E-state index in [1.807, 2.05) is 0 Å². The highest BCUT2D eigenvalue weighted by atomic mass is 32.2. The van der Waals surface area contributed by atoms with Gasteiger partial charge in [0.25, 0.3) is 0 Å². The molecule has 21 heavy (non-hydrogen) atoms. The van der Waals surface area contributed by atoms with Crippen LogP contribution in [0.5, 0.6) is 0 Å². The zero-order valence-electron chi connectivity index (χ0n) is 10.9. The molecule has 2 aromatic rings. The predicted molar refractivity (Wildman–Crippen MR) is 68.9 cm³/mol. The maximum Gasteiger partial charge on any atom is 0.471 e. The molecule has 0 saturated heterocycles. The van der Waals surface area contributed by atoms with E-state index in [0.29, 0.717) is 9.75 Å². The number of aromatic nitrogens is 2. The molecule has 2 aromatic heterocycles. The van der Waals surface area contributed by atoms with Crippen molar-refractivity contribution in [3.05, 3.63) is 22.9 Å². The summed E-state index contributed by atoms with van der Waals surface area (Å²) in [6.07, 6.45) is -3.63. The lowest BCUT2D eigenvalue weighted by atomic mass is 10.4. The molecule has 0 fully saturated rings. The maximum absolute atomic E-state index is 12.4. The van der Waals surface area contributed by atoms with Gasteiger partial charge in [0, 0.05) is 18.5 Å². The lowest BCUT2D eigenvalue weighted by Crippen LogP contribution is -2.24. The third kappa shape index (κ3) is 3.80. The van der Waals surface area contributed by atoms with Gasteiger partial charge in [0.15, 0.2) is 0 Å². The maximum atomic E-state index is 12.4. The quantitative estimate of drug-likeness (QED) is 0.852. The molecule has 0 amide bonds. The molecular weight excluding hydrogens is 331 g/mol. The number of rotatable bonds is 4. The average molecular weight is 341 g/mol. The molecule has 0 unspecified atom stereocenters. The van der Waals surface area contributed by atoms with Gasteiger partial charge in [0.05, 0.1) is 11.1 Å². The Morgan fingerprint density at radius 2 is 2.05 bits per heavy atom. The first-order valence-electron chi connectivity index (χ1n) is 5.48. The molecule has 0 bridgehead atoms. The standard InChI is InChI=1S/C10H10F3N3O3S2/c1-16(21(2,17)18)5-6-3-4-7(20-6)8-14-9(19-15-8)10(11,12)13/h3-4H,5H2,1-2H3. The molecule has 0 aliphatic heterocycles. The van der Waals surface area contributed by atoms with Crippen molar-refractivity contribution in [1.82, 2.24) is 14.4 Å². The molecule has 0 aromatic carbocycles. The van der Waals surface area contributed by atoms with Gasteiger partial charge >= 0.3 is 12.1 Å². The number of sulfonamides is 1. The fourth-order valence-corrected chi connectivity index (χ4v) is 2.80. The average Bonchev–Trinajstić information content (AvgIpc) is 2.93. The minimum absolute atomic E-state index is 0.119. The Hall–Kier alpha value is -1.46. The summed E-state index contributed by atoms with van der Waals surface area (Å²) in [7, 11) is -1.92. The van der Waals surface area contributed by atoms with Crippen molar-refractivity contribution < 1.29 is 26.1 Å². The van der Waals surface area contributed by atoms with Crippen LogP contribution in [0.25, 0.3) is 10.7 Å². The van der Waals surface area contributed by atoms with Crippen molar-refractivity contribution in [1.29, 1.82) is 0 Å². The molecule has 0 radical (unpaired) electrons. The van der Waals surface area contributed by atoms with Crippen LogP contribution in [-0.4, -0.2) is 36.2 Å². The van der Waals surface area contributed by atoms with Gasteiger partial charge in [-0.2, -0.15) is 18.2 Å². The Balaban J connectivity index is 2.19. The number of hydrogen-bond donors (Lipinski definition) is 0. The highest BCUT2D eigenvalue weighted by molar-refractivity contribution is 7.88. The summed E-state index contributed by atoms with van der Waals surface area (Å²) in [6, 6.07) is 3.12. The first-order valence-corrected chi connectivity index (χ1v) is 8.15. The van der Waals surface area contributed by atoms with Gasteiger partial charge in [-0.05, 0) is 12.1 Å². The van der Waals surface area contributed by atoms with Crippen LogP contribution in [0, 0.1) is 0 Å². The van der Waals surface area contributed by atoms with Crippen LogP contribution >= 0.6 is 11.3 Å². The van der Waals surface area contributed by atoms with E-state index < -0.39 is 22.1 Å². The smallest absolute Gasteiger partial charge is 0.329 e. The van der Waals surface area contributed by atoms with E-state index in [0.717, 1.165) is 21.9 Å². The number of nitrogens with zero attached hydrogens (tertiary/aromatic N) is 3. The largest absolute Gasteiger partial charge is 0.471 e. The zero-order chi connectivity index (χ0) is 15.8. The van der Waals surface area contributed by atoms with Gasteiger partial charge in [-0.3, -0.25) is 0 Å². The SMILES string of the molecule is CN(Cc1ccc(-c2noc(C(F)(F)F)n2)s1)S(C)(=O)=O. The molecule has 116 valence electrons. The molecule has 11 heteroatoms. The first-order chi connectivity index (χ1) is 9.57. The van der Waals surface area contributed by atoms with Gasteiger partial charge in [0.2, 0.25) is 15.8 Å². The van der Waals surface area contributed by atoms with Crippen LogP contribution < -0.4 is 0 Å². The van der Waals surface area contributed by atoms with Gasteiger partial charge in [-0.15, -0.1) is 11.3 Å². The van der Waals surface area contributed by atoms with E-state index in [1.54, 1.807) is 6.07 Å². The predicted octanol–water partition coefficient (Wildman–Crippen LogP) is 2.21. The molecule has 6 nitrogen and oxygen atoms in total. The van der Waals surface area contributed by atoms with Crippen LogP contribution in [0.4, 0.5) is 13.2 Å². The number of halogens is 3. The Labute approximate surface area is 122 Å². The lowest BCUT2D eigenvalue weighted by Gasteiger charge is -2.11. The van der Waals surface area contributed by atoms with Gasteiger partial charge in [-0.1, -0.05) is 5.16 Å². The van der Waals surface area contributed by atoms with Gasteiger partial charge in [-0.25, -0.2) is 12.7 Å². The van der Waals surface area contributed by atoms with Crippen LogP contribution in [0.1, 0.15) is 10.8 Å². The Morgan fingerprint density at radius 3 is 2.57 bits per heavy atom. The van der Waals surface area contributed by atoms with Crippen molar-refractivity contribution in [2.24, 2.45) is 0 Å². The lowest BCUT2D eigenvalue weighted by molar-refractivity contribution is -0.159. The molecular formula is C10H10F3N3O3S2. The third-order valence-corrected chi connectivity index (χ3v) is 4.82. The first kappa shape index (κ1) is 15.9. The van der Waals surface area contributed by atoms with E-state index >= 15 is 0 Å². The minimum atomic E-state index is -4.69. The van der Waals surface area contributed by atoms with Gasteiger partial charge in [0.1, 0.15) is 0 Å². The second-order valence-electron chi connectivity index (χ2n) is 4.21. The van der Waals surface area contributed by atoms with Crippen LogP contribution in [0.15, 0.2) is 16.7 Å². The zero-order valence-corrected chi connectivity index (χ0v) is 12.5. The summed E-state index contributed by atoms with van der Waals surface area (Å²) in [5, 5.41) is 3.27. The summed E-state index contributed by atoms with van der Waals surface area (Å²) < 4.78 is 64.9. The summed E-state index contributed by atoms with van der Waals surface area (Å²) >= 11 is 1.10. The fraction of sp³-hybridized carbons (Fsp3) is 0.400. The third-order valence-electron chi connectivity index (χ3n) is 2.50. The minimum Gasteiger partial charge on any atom is -0.329 e. The highest BCUT2D eigenvalue weighted by Crippen LogP contribution is 2.32. The Morgan fingerprint density at radius 1 is 1.38 bits per heavy atom. The van der Waals surface area contributed by atoms with E-state index in [2.05, 4.69) is 14.7 Å². The van der Waals surface area contributed by atoms with Crippen molar-refractivity contribution in [3.8, 4) is 10.7 Å². The molecule has 2 heterocycles. The number of thiophene rings is 1. The summed E-state index contributed by atoms with van der Waals surface area (Å²) in [6.45, 7) is 0.119.